The maximum absolute atomic E-state index is 13.3. The fourth-order valence-electron chi connectivity index (χ4n) is 2.29. The van der Waals surface area contributed by atoms with E-state index < -0.39 is 0 Å². The molecule has 0 aliphatic heterocycles. The minimum absolute atomic E-state index is 0.192. The molecule has 6 nitrogen and oxygen atoms in total. The van der Waals surface area contributed by atoms with Gasteiger partial charge in [-0.15, -0.1) is 0 Å². The Morgan fingerprint density at radius 3 is 2.84 bits per heavy atom. The molecule has 0 unspecified atom stereocenters. The molecule has 0 atom stereocenters. The monoisotopic (exact) mass is 259 g/mol. The van der Waals surface area contributed by atoms with Crippen LogP contribution in [0.2, 0.25) is 0 Å². The Hall–Kier alpha value is -2.44. The summed E-state index contributed by atoms with van der Waals surface area (Å²) >= 11 is 0. The van der Waals surface area contributed by atoms with E-state index in [9.17, 15) is 4.39 Å². The first kappa shape index (κ1) is 10.5. The maximum atomic E-state index is 13.3. The molecule has 3 aromatic rings. The van der Waals surface area contributed by atoms with Crippen molar-refractivity contribution >= 4 is 16.9 Å². The van der Waals surface area contributed by atoms with Crippen LogP contribution in [0.5, 0.6) is 0 Å². The van der Waals surface area contributed by atoms with Crippen LogP contribution in [-0.2, 0) is 0 Å². The zero-order valence-corrected chi connectivity index (χ0v) is 9.88. The van der Waals surface area contributed by atoms with Crippen LogP contribution in [-0.4, -0.2) is 19.9 Å². The number of imidazole rings is 1. The third kappa shape index (κ3) is 1.51. The van der Waals surface area contributed by atoms with Crippen molar-refractivity contribution in [1.82, 2.24) is 19.9 Å². The summed E-state index contributed by atoms with van der Waals surface area (Å²) in [5.41, 5.74) is 7.59. The SMILES string of the molecule is Nc1nonc1-c1nc2cc(F)ccc2n1C1CC1. The van der Waals surface area contributed by atoms with E-state index in [1.165, 1.54) is 12.1 Å². The summed E-state index contributed by atoms with van der Waals surface area (Å²) in [5.74, 6) is 0.463. The van der Waals surface area contributed by atoms with Crippen LogP contribution < -0.4 is 5.73 Å². The Kier molecular flexibility index (Phi) is 1.95. The topological polar surface area (TPSA) is 82.8 Å². The summed E-state index contributed by atoms with van der Waals surface area (Å²) in [6.45, 7) is 0. The maximum Gasteiger partial charge on any atom is 0.199 e. The van der Waals surface area contributed by atoms with Gasteiger partial charge in [-0.2, -0.15) is 0 Å². The Balaban J connectivity index is 2.04. The second-order valence-electron chi connectivity index (χ2n) is 4.67. The van der Waals surface area contributed by atoms with Crippen LogP contribution >= 0.6 is 0 Å². The molecule has 1 saturated carbocycles. The molecular formula is C12H10FN5O. The summed E-state index contributed by atoms with van der Waals surface area (Å²) in [4.78, 5) is 4.42. The van der Waals surface area contributed by atoms with Crippen molar-refractivity contribution in [1.29, 1.82) is 0 Å². The standard InChI is InChI=1S/C12H10FN5O/c13-6-1-4-9-8(5-6)15-12(18(9)7-2-3-7)10-11(14)17-19-16-10/h1,4-5,7H,2-3H2,(H2,14,17). The van der Waals surface area contributed by atoms with Crippen LogP contribution in [0.4, 0.5) is 10.2 Å². The van der Waals surface area contributed by atoms with E-state index in [1.54, 1.807) is 6.07 Å². The van der Waals surface area contributed by atoms with Crippen LogP contribution in [0.15, 0.2) is 22.8 Å². The number of rotatable bonds is 2. The highest BCUT2D eigenvalue weighted by atomic mass is 19.1. The molecule has 0 bridgehead atoms. The molecule has 1 fully saturated rings. The Morgan fingerprint density at radius 1 is 1.32 bits per heavy atom. The van der Waals surface area contributed by atoms with Crippen molar-refractivity contribution in [2.45, 2.75) is 18.9 Å². The van der Waals surface area contributed by atoms with Gasteiger partial charge in [0.1, 0.15) is 5.82 Å². The predicted molar refractivity (Wildman–Crippen MR) is 65.7 cm³/mol. The highest BCUT2D eigenvalue weighted by molar-refractivity contribution is 5.82. The van der Waals surface area contributed by atoms with E-state index in [-0.39, 0.29) is 11.6 Å². The molecule has 2 aromatic heterocycles. The van der Waals surface area contributed by atoms with Crippen molar-refractivity contribution in [2.75, 3.05) is 5.73 Å². The Morgan fingerprint density at radius 2 is 2.16 bits per heavy atom. The van der Waals surface area contributed by atoms with E-state index in [4.69, 9.17) is 5.73 Å². The van der Waals surface area contributed by atoms with Crippen molar-refractivity contribution in [3.63, 3.8) is 0 Å². The van der Waals surface area contributed by atoms with Crippen LogP contribution in [0.25, 0.3) is 22.6 Å². The molecule has 0 radical (unpaired) electrons. The Bertz CT molecular complexity index is 774. The molecule has 7 heteroatoms. The molecule has 4 rings (SSSR count). The lowest BCUT2D eigenvalue weighted by atomic mass is 10.3. The molecule has 1 aromatic carbocycles. The Labute approximate surface area is 107 Å². The first-order valence-corrected chi connectivity index (χ1v) is 6.00. The minimum Gasteiger partial charge on any atom is -0.379 e. The molecule has 1 aliphatic rings. The number of hydrogen-bond donors (Lipinski definition) is 1. The van der Waals surface area contributed by atoms with Gasteiger partial charge < -0.3 is 10.3 Å². The number of aromatic nitrogens is 4. The molecule has 0 amide bonds. The van der Waals surface area contributed by atoms with Gasteiger partial charge in [-0.05, 0) is 35.3 Å². The van der Waals surface area contributed by atoms with Gasteiger partial charge in [-0.25, -0.2) is 14.0 Å². The molecule has 96 valence electrons. The van der Waals surface area contributed by atoms with Crippen LogP contribution in [0.1, 0.15) is 18.9 Å². The van der Waals surface area contributed by atoms with E-state index >= 15 is 0 Å². The smallest absolute Gasteiger partial charge is 0.199 e. The third-order valence-electron chi connectivity index (χ3n) is 3.29. The van der Waals surface area contributed by atoms with Gasteiger partial charge in [-0.3, -0.25) is 0 Å². The zero-order chi connectivity index (χ0) is 13.0. The van der Waals surface area contributed by atoms with Gasteiger partial charge in [0.15, 0.2) is 17.3 Å². The molecular weight excluding hydrogens is 249 g/mol. The molecule has 0 spiro atoms. The number of halogens is 1. The predicted octanol–water partition coefficient (Wildman–Crippen LogP) is 2.14. The van der Waals surface area contributed by atoms with Crippen LogP contribution in [0.3, 0.4) is 0 Å². The minimum atomic E-state index is -0.314. The number of nitrogens with zero attached hydrogens (tertiary/aromatic N) is 4. The number of hydrogen-bond acceptors (Lipinski definition) is 5. The number of nitrogens with two attached hydrogens (primary N) is 1. The van der Waals surface area contributed by atoms with Crippen molar-refractivity contribution in [3.8, 4) is 11.5 Å². The number of benzene rings is 1. The van der Waals surface area contributed by atoms with E-state index in [2.05, 4.69) is 19.9 Å². The van der Waals surface area contributed by atoms with Gasteiger partial charge in [0.05, 0.1) is 11.0 Å². The lowest BCUT2D eigenvalue weighted by Crippen LogP contribution is -1.99. The van der Waals surface area contributed by atoms with Gasteiger partial charge >= 0.3 is 0 Å². The number of anilines is 1. The summed E-state index contributed by atoms with van der Waals surface area (Å²) in [5, 5.41) is 7.35. The first-order chi connectivity index (χ1) is 9.24. The second-order valence-corrected chi connectivity index (χ2v) is 4.67. The van der Waals surface area contributed by atoms with Crippen molar-refractivity contribution in [2.24, 2.45) is 0 Å². The van der Waals surface area contributed by atoms with Gasteiger partial charge in [0.25, 0.3) is 0 Å². The number of nitrogen functional groups attached to an aromatic ring is 1. The summed E-state index contributed by atoms with van der Waals surface area (Å²) < 4.78 is 20.0. The summed E-state index contributed by atoms with van der Waals surface area (Å²) in [6, 6.07) is 4.92. The largest absolute Gasteiger partial charge is 0.379 e. The second kappa shape index (κ2) is 3.53. The lowest BCUT2D eigenvalue weighted by Gasteiger charge is -2.04. The lowest BCUT2D eigenvalue weighted by molar-refractivity contribution is 0.310. The van der Waals surface area contributed by atoms with Gasteiger partial charge in [0, 0.05) is 12.1 Å². The van der Waals surface area contributed by atoms with E-state index in [0.29, 0.717) is 23.1 Å². The fourth-order valence-corrected chi connectivity index (χ4v) is 2.29. The average molecular weight is 259 g/mol. The highest BCUT2D eigenvalue weighted by Gasteiger charge is 2.30. The summed E-state index contributed by atoms with van der Waals surface area (Å²) in [6.07, 6.45) is 2.14. The number of fused-ring (bicyclic) bond motifs is 1. The fraction of sp³-hybridized carbons (Fsp3) is 0.250. The molecule has 19 heavy (non-hydrogen) atoms. The normalized spacial score (nSPS) is 15.2. The molecule has 0 saturated heterocycles. The summed E-state index contributed by atoms with van der Waals surface area (Å²) in [7, 11) is 0. The average Bonchev–Trinajstić information content (AvgIpc) is 3.03. The van der Waals surface area contributed by atoms with E-state index in [1.807, 2.05) is 4.57 Å². The van der Waals surface area contributed by atoms with Crippen molar-refractivity contribution in [3.05, 3.63) is 24.0 Å². The van der Waals surface area contributed by atoms with E-state index in [0.717, 1.165) is 18.4 Å². The molecule has 2 heterocycles. The van der Waals surface area contributed by atoms with Crippen molar-refractivity contribution < 1.29 is 9.02 Å². The quantitative estimate of drug-likeness (QED) is 0.762. The molecule has 1 aliphatic carbocycles. The third-order valence-corrected chi connectivity index (χ3v) is 3.29. The van der Waals surface area contributed by atoms with Gasteiger partial charge in [-0.1, -0.05) is 0 Å². The van der Waals surface area contributed by atoms with Gasteiger partial charge in [0.2, 0.25) is 0 Å². The molecule has 2 N–H and O–H groups in total. The zero-order valence-electron chi connectivity index (χ0n) is 9.88. The first-order valence-electron chi connectivity index (χ1n) is 6.00. The van der Waals surface area contributed by atoms with Crippen LogP contribution in [0, 0.1) is 5.82 Å². The highest BCUT2D eigenvalue weighted by Crippen LogP contribution is 2.41.